The lowest BCUT2D eigenvalue weighted by Crippen LogP contribution is -2.31. The number of fused-ring (bicyclic) bond motifs is 1. The molecule has 2 aromatic heterocycles. The number of halogens is 1. The lowest BCUT2D eigenvalue weighted by molar-refractivity contribution is 0.590. The minimum Gasteiger partial charge on any atom is -0.288 e. The van der Waals surface area contributed by atoms with Gasteiger partial charge in [0, 0.05) is 6.20 Å². The molecule has 4 rings (SSSR count). The fraction of sp³-hybridized carbons (Fsp3) is 0.100. The molecule has 6 nitrogen and oxygen atoms in total. The normalized spacial score (nSPS) is 11.6. The first kappa shape index (κ1) is 18.1. The number of benzene rings is 2. The molecule has 0 radical (unpaired) electrons. The van der Waals surface area contributed by atoms with Crippen LogP contribution in [0.15, 0.2) is 78.1 Å². The maximum atomic E-state index is 13.6. The van der Waals surface area contributed by atoms with Gasteiger partial charge in [-0.2, -0.15) is 0 Å². The van der Waals surface area contributed by atoms with Crippen molar-refractivity contribution in [3.8, 4) is 0 Å². The van der Waals surface area contributed by atoms with Gasteiger partial charge in [0.1, 0.15) is 17.0 Å². The Hall–Kier alpha value is -3.26. The van der Waals surface area contributed by atoms with Crippen LogP contribution >= 0.6 is 0 Å². The number of pyridine rings is 1. The molecule has 0 saturated carbocycles. The summed E-state index contributed by atoms with van der Waals surface area (Å²) in [5.41, 5.74) is 2.49. The van der Waals surface area contributed by atoms with E-state index in [1.54, 1.807) is 16.7 Å². The minimum atomic E-state index is -3.98. The minimum absolute atomic E-state index is 0.0314. The summed E-state index contributed by atoms with van der Waals surface area (Å²) in [6.07, 6.45) is 3.12. The number of hydrogen-bond donors (Lipinski definition) is 0. The zero-order valence-corrected chi connectivity index (χ0v) is 15.8. The van der Waals surface area contributed by atoms with Gasteiger partial charge in [0.05, 0.1) is 12.2 Å². The molecule has 2 heterocycles. The summed E-state index contributed by atoms with van der Waals surface area (Å²) in [5, 5.41) is 7.73. The lowest BCUT2D eigenvalue weighted by atomic mass is 10.1. The Bertz CT molecular complexity index is 1220. The van der Waals surface area contributed by atoms with Crippen molar-refractivity contribution >= 4 is 21.4 Å². The van der Waals surface area contributed by atoms with Gasteiger partial charge in [0.25, 0.3) is 10.0 Å². The largest absolute Gasteiger partial charge is 0.288 e. The highest BCUT2D eigenvalue weighted by atomic mass is 32.2. The number of sulfonamides is 1. The monoisotopic (exact) mass is 396 g/mol. The quantitative estimate of drug-likeness (QED) is 0.517. The van der Waals surface area contributed by atoms with Crippen molar-refractivity contribution in [3.63, 3.8) is 0 Å². The number of aromatic nitrogens is 3. The first-order valence-corrected chi connectivity index (χ1v) is 10.0. The SMILES string of the molecule is Cc1ccc(CN(c2ccc(F)cc2)S(=O)(=O)c2cccn3cnnc23)cc1. The summed E-state index contributed by atoms with van der Waals surface area (Å²) >= 11 is 0. The molecule has 0 aliphatic carbocycles. The summed E-state index contributed by atoms with van der Waals surface area (Å²) in [6.45, 7) is 2.06. The van der Waals surface area contributed by atoms with Gasteiger partial charge < -0.3 is 0 Å². The maximum absolute atomic E-state index is 13.6. The van der Waals surface area contributed by atoms with Gasteiger partial charge in [-0.15, -0.1) is 10.2 Å². The van der Waals surface area contributed by atoms with E-state index in [4.69, 9.17) is 0 Å². The maximum Gasteiger partial charge on any atom is 0.268 e. The van der Waals surface area contributed by atoms with Crippen molar-refractivity contribution in [1.29, 1.82) is 0 Å². The van der Waals surface area contributed by atoms with Crippen LogP contribution in [-0.2, 0) is 16.6 Å². The molecule has 8 heteroatoms. The third-order valence-corrected chi connectivity index (χ3v) is 6.21. The zero-order chi connectivity index (χ0) is 19.7. The first-order chi connectivity index (χ1) is 13.4. The molecule has 0 bridgehead atoms. The standard InChI is InChI=1S/C20H17FN4O2S/c1-15-4-6-16(7-5-15)13-25(18-10-8-17(21)9-11-18)28(26,27)19-3-2-12-24-14-22-23-20(19)24/h2-12,14H,13H2,1H3. The van der Waals surface area contributed by atoms with E-state index in [0.717, 1.165) is 11.1 Å². The summed E-state index contributed by atoms with van der Waals surface area (Å²) < 4.78 is 43.3. The Kier molecular flexibility index (Phi) is 4.56. The molecule has 0 aliphatic rings. The second kappa shape index (κ2) is 7.05. The van der Waals surface area contributed by atoms with Crippen LogP contribution in [0.5, 0.6) is 0 Å². The van der Waals surface area contributed by atoms with Crippen LogP contribution in [0.1, 0.15) is 11.1 Å². The van der Waals surface area contributed by atoms with Crippen LogP contribution in [-0.4, -0.2) is 23.0 Å². The van der Waals surface area contributed by atoms with Crippen LogP contribution < -0.4 is 4.31 Å². The molecule has 28 heavy (non-hydrogen) atoms. The van der Waals surface area contributed by atoms with E-state index in [1.165, 1.54) is 41.0 Å². The summed E-state index contributed by atoms with van der Waals surface area (Å²) in [6, 6.07) is 16.1. The highest BCUT2D eigenvalue weighted by Crippen LogP contribution is 2.28. The average molecular weight is 396 g/mol. The second-order valence-corrected chi connectivity index (χ2v) is 8.24. The van der Waals surface area contributed by atoms with E-state index < -0.39 is 15.8 Å². The Morgan fingerprint density at radius 3 is 2.46 bits per heavy atom. The molecule has 2 aromatic carbocycles. The van der Waals surface area contributed by atoms with Gasteiger partial charge in [-0.05, 0) is 48.9 Å². The van der Waals surface area contributed by atoms with Crippen molar-refractivity contribution < 1.29 is 12.8 Å². The van der Waals surface area contributed by atoms with Crippen LogP contribution in [0.2, 0.25) is 0 Å². The zero-order valence-electron chi connectivity index (χ0n) is 15.0. The van der Waals surface area contributed by atoms with Gasteiger partial charge in [-0.25, -0.2) is 12.8 Å². The molecular formula is C20H17FN4O2S. The van der Waals surface area contributed by atoms with Gasteiger partial charge >= 0.3 is 0 Å². The number of rotatable bonds is 5. The molecule has 142 valence electrons. The average Bonchev–Trinajstić information content (AvgIpc) is 3.17. The van der Waals surface area contributed by atoms with E-state index in [2.05, 4.69) is 10.2 Å². The predicted octanol–water partition coefficient (Wildman–Crippen LogP) is 3.57. The van der Waals surface area contributed by atoms with Crippen LogP contribution in [0, 0.1) is 12.7 Å². The van der Waals surface area contributed by atoms with Gasteiger partial charge in [-0.1, -0.05) is 29.8 Å². The topological polar surface area (TPSA) is 67.6 Å². The third-order valence-electron chi connectivity index (χ3n) is 4.42. The Labute approximate surface area is 161 Å². The molecule has 0 aliphatic heterocycles. The Balaban J connectivity index is 1.85. The smallest absolute Gasteiger partial charge is 0.268 e. The van der Waals surface area contributed by atoms with Gasteiger partial charge in [0.15, 0.2) is 5.65 Å². The molecule has 0 saturated heterocycles. The van der Waals surface area contributed by atoms with Crippen LogP contribution in [0.4, 0.5) is 10.1 Å². The fourth-order valence-corrected chi connectivity index (χ4v) is 4.51. The highest BCUT2D eigenvalue weighted by molar-refractivity contribution is 7.93. The number of hydrogen-bond acceptors (Lipinski definition) is 4. The summed E-state index contributed by atoms with van der Waals surface area (Å²) in [7, 11) is -3.98. The Morgan fingerprint density at radius 1 is 1.04 bits per heavy atom. The van der Waals surface area contributed by atoms with Crippen LogP contribution in [0.25, 0.3) is 5.65 Å². The fourth-order valence-electron chi connectivity index (χ4n) is 2.93. The molecule has 4 aromatic rings. The molecule has 0 atom stereocenters. The van der Waals surface area contributed by atoms with Gasteiger partial charge in [-0.3, -0.25) is 8.71 Å². The molecule has 0 N–H and O–H groups in total. The van der Waals surface area contributed by atoms with Gasteiger partial charge in [0.2, 0.25) is 0 Å². The van der Waals surface area contributed by atoms with Crippen molar-refractivity contribution in [2.75, 3.05) is 4.31 Å². The van der Waals surface area contributed by atoms with E-state index in [1.807, 2.05) is 31.2 Å². The molecule has 0 amide bonds. The second-order valence-electron chi connectivity index (χ2n) is 6.41. The number of anilines is 1. The van der Waals surface area contributed by atoms with Crippen molar-refractivity contribution in [3.05, 3.63) is 90.1 Å². The van der Waals surface area contributed by atoms with Crippen molar-refractivity contribution in [1.82, 2.24) is 14.6 Å². The number of nitrogens with zero attached hydrogens (tertiary/aromatic N) is 4. The summed E-state index contributed by atoms with van der Waals surface area (Å²) in [5.74, 6) is -0.434. The Morgan fingerprint density at radius 2 is 1.75 bits per heavy atom. The molecule has 0 spiro atoms. The van der Waals surface area contributed by atoms with Crippen molar-refractivity contribution in [2.24, 2.45) is 0 Å². The third kappa shape index (κ3) is 3.34. The van der Waals surface area contributed by atoms with E-state index in [0.29, 0.717) is 5.69 Å². The first-order valence-electron chi connectivity index (χ1n) is 8.57. The molecule has 0 unspecified atom stereocenters. The van der Waals surface area contributed by atoms with E-state index in [9.17, 15) is 12.8 Å². The molecule has 0 fully saturated rings. The van der Waals surface area contributed by atoms with E-state index >= 15 is 0 Å². The number of aryl methyl sites for hydroxylation is 1. The van der Waals surface area contributed by atoms with Crippen LogP contribution in [0.3, 0.4) is 0 Å². The highest BCUT2D eigenvalue weighted by Gasteiger charge is 2.28. The van der Waals surface area contributed by atoms with Crippen molar-refractivity contribution in [2.45, 2.75) is 18.4 Å². The molecular weight excluding hydrogens is 379 g/mol. The van der Waals surface area contributed by atoms with E-state index in [-0.39, 0.29) is 17.1 Å². The predicted molar refractivity (Wildman–Crippen MR) is 104 cm³/mol. The lowest BCUT2D eigenvalue weighted by Gasteiger charge is -2.25. The summed E-state index contributed by atoms with van der Waals surface area (Å²) in [4.78, 5) is 0.0314.